The van der Waals surface area contributed by atoms with E-state index >= 15 is 0 Å². The average molecular weight is 331 g/mol. The van der Waals surface area contributed by atoms with Gasteiger partial charge in [-0.05, 0) is 36.6 Å². The third kappa shape index (κ3) is 4.25. The van der Waals surface area contributed by atoms with E-state index < -0.39 is 0 Å². The molecule has 128 valence electrons. The Morgan fingerprint density at radius 1 is 1.08 bits per heavy atom. The van der Waals surface area contributed by atoms with Crippen molar-refractivity contribution in [3.8, 4) is 11.5 Å². The van der Waals surface area contributed by atoms with Gasteiger partial charge in [-0.3, -0.25) is 4.79 Å². The first-order valence-corrected chi connectivity index (χ1v) is 7.77. The first-order chi connectivity index (χ1) is 11.6. The van der Waals surface area contributed by atoms with Gasteiger partial charge in [0.2, 0.25) is 5.91 Å². The second kappa shape index (κ2) is 8.34. The number of benzene rings is 2. The highest BCUT2D eigenvalue weighted by molar-refractivity contribution is 5.78. The molecule has 2 rings (SSSR count). The fraction of sp³-hybridized carbons (Fsp3) is 0.316. The Labute approximate surface area is 141 Å². The topological polar surface area (TPSA) is 47.6 Å². The molecule has 0 aromatic heterocycles. The van der Waals surface area contributed by atoms with Crippen molar-refractivity contribution in [3.05, 3.63) is 58.9 Å². The number of ether oxygens (including phenoxy) is 2. The maximum atomic E-state index is 13.5. The van der Waals surface area contributed by atoms with Gasteiger partial charge in [-0.2, -0.15) is 0 Å². The van der Waals surface area contributed by atoms with Crippen LogP contribution >= 0.6 is 0 Å². The van der Waals surface area contributed by atoms with Gasteiger partial charge in [0.15, 0.2) is 0 Å². The zero-order valence-corrected chi connectivity index (χ0v) is 14.2. The predicted molar refractivity (Wildman–Crippen MR) is 91.1 cm³/mol. The molecule has 1 N–H and O–H groups in total. The van der Waals surface area contributed by atoms with Crippen molar-refractivity contribution in [2.45, 2.75) is 19.8 Å². The van der Waals surface area contributed by atoms with Crippen LogP contribution < -0.4 is 14.8 Å². The van der Waals surface area contributed by atoms with Crippen LogP contribution in [0.25, 0.3) is 0 Å². The van der Waals surface area contributed by atoms with Crippen LogP contribution in [-0.4, -0.2) is 26.7 Å². The maximum absolute atomic E-state index is 13.5. The first kappa shape index (κ1) is 17.8. The molecule has 0 spiro atoms. The number of amides is 1. The van der Waals surface area contributed by atoms with Crippen molar-refractivity contribution >= 4 is 5.91 Å². The molecule has 5 heteroatoms. The Morgan fingerprint density at radius 3 is 2.50 bits per heavy atom. The van der Waals surface area contributed by atoms with Gasteiger partial charge in [0, 0.05) is 12.1 Å². The van der Waals surface area contributed by atoms with Gasteiger partial charge in [0.1, 0.15) is 17.3 Å². The van der Waals surface area contributed by atoms with E-state index in [1.807, 2.05) is 19.1 Å². The van der Waals surface area contributed by atoms with Crippen molar-refractivity contribution < 1.29 is 18.7 Å². The molecule has 0 bridgehead atoms. The SMILES string of the molecule is COc1ccc(CCNC(=O)Cc2ccccc2F)c(OC)c1C. The number of rotatable bonds is 7. The molecule has 2 aromatic carbocycles. The molecule has 0 saturated carbocycles. The molecule has 0 aliphatic heterocycles. The minimum absolute atomic E-state index is 0.0332. The van der Waals surface area contributed by atoms with Gasteiger partial charge in [0.25, 0.3) is 0 Å². The fourth-order valence-corrected chi connectivity index (χ4v) is 2.65. The van der Waals surface area contributed by atoms with Crippen molar-refractivity contribution in [1.29, 1.82) is 0 Å². The second-order valence-corrected chi connectivity index (χ2v) is 5.45. The third-order valence-corrected chi connectivity index (χ3v) is 3.89. The Balaban J connectivity index is 1.93. The zero-order chi connectivity index (χ0) is 17.5. The van der Waals surface area contributed by atoms with Crippen LogP contribution in [0.5, 0.6) is 11.5 Å². The Hall–Kier alpha value is -2.56. The summed E-state index contributed by atoms with van der Waals surface area (Å²) in [7, 11) is 3.23. The number of carbonyl (C=O) groups is 1. The highest BCUT2D eigenvalue weighted by Crippen LogP contribution is 2.31. The molecule has 0 aliphatic carbocycles. The Kier molecular flexibility index (Phi) is 6.18. The quantitative estimate of drug-likeness (QED) is 0.848. The third-order valence-electron chi connectivity index (χ3n) is 3.89. The summed E-state index contributed by atoms with van der Waals surface area (Å²) >= 11 is 0. The van der Waals surface area contributed by atoms with Crippen LogP contribution in [0.4, 0.5) is 4.39 Å². The predicted octanol–water partition coefficient (Wildman–Crippen LogP) is 3.05. The molecule has 24 heavy (non-hydrogen) atoms. The largest absolute Gasteiger partial charge is 0.496 e. The lowest BCUT2D eigenvalue weighted by atomic mass is 10.1. The molecule has 0 aliphatic rings. The lowest BCUT2D eigenvalue weighted by Crippen LogP contribution is -2.27. The van der Waals surface area contributed by atoms with Crippen molar-refractivity contribution in [2.75, 3.05) is 20.8 Å². The monoisotopic (exact) mass is 331 g/mol. The highest BCUT2D eigenvalue weighted by atomic mass is 19.1. The summed E-state index contributed by atoms with van der Waals surface area (Å²) in [6.45, 7) is 2.38. The summed E-state index contributed by atoms with van der Waals surface area (Å²) in [5.74, 6) is 0.960. The van der Waals surface area contributed by atoms with Gasteiger partial charge in [-0.15, -0.1) is 0 Å². The summed E-state index contributed by atoms with van der Waals surface area (Å²) < 4.78 is 24.3. The molecule has 0 heterocycles. The van der Waals surface area contributed by atoms with Crippen LogP contribution in [0.3, 0.4) is 0 Å². The first-order valence-electron chi connectivity index (χ1n) is 7.77. The minimum atomic E-state index is -0.361. The van der Waals surface area contributed by atoms with E-state index in [0.717, 1.165) is 22.6 Å². The zero-order valence-electron chi connectivity index (χ0n) is 14.2. The molecule has 0 atom stereocenters. The molecule has 4 nitrogen and oxygen atoms in total. The van der Waals surface area contributed by atoms with E-state index in [2.05, 4.69) is 5.32 Å². The maximum Gasteiger partial charge on any atom is 0.224 e. The number of nitrogens with one attached hydrogen (secondary N) is 1. The fourth-order valence-electron chi connectivity index (χ4n) is 2.65. The van der Waals surface area contributed by atoms with E-state index in [1.165, 1.54) is 6.07 Å². The van der Waals surface area contributed by atoms with E-state index in [-0.39, 0.29) is 18.1 Å². The number of methoxy groups -OCH3 is 2. The van der Waals surface area contributed by atoms with Gasteiger partial charge in [-0.25, -0.2) is 4.39 Å². The summed E-state index contributed by atoms with van der Waals surface area (Å²) in [4.78, 5) is 11.9. The van der Waals surface area contributed by atoms with Crippen molar-refractivity contribution in [3.63, 3.8) is 0 Å². The molecular formula is C19H22FNO3. The molecule has 1 amide bonds. The van der Waals surface area contributed by atoms with Crippen molar-refractivity contribution in [1.82, 2.24) is 5.32 Å². The van der Waals surface area contributed by atoms with Crippen LogP contribution in [0, 0.1) is 12.7 Å². The smallest absolute Gasteiger partial charge is 0.224 e. The number of carbonyl (C=O) groups excluding carboxylic acids is 1. The van der Waals surface area contributed by atoms with Crippen LogP contribution in [0.15, 0.2) is 36.4 Å². The van der Waals surface area contributed by atoms with Crippen molar-refractivity contribution in [2.24, 2.45) is 0 Å². The highest BCUT2D eigenvalue weighted by Gasteiger charge is 2.12. The second-order valence-electron chi connectivity index (χ2n) is 5.45. The van der Waals surface area contributed by atoms with E-state index in [4.69, 9.17) is 9.47 Å². The lowest BCUT2D eigenvalue weighted by molar-refractivity contribution is -0.120. The normalized spacial score (nSPS) is 10.3. The van der Waals surface area contributed by atoms with Crippen LogP contribution in [0.2, 0.25) is 0 Å². The van der Waals surface area contributed by atoms with Gasteiger partial charge in [0.05, 0.1) is 20.6 Å². The molecule has 0 radical (unpaired) electrons. The number of halogens is 1. The molecule has 2 aromatic rings. The summed E-state index contributed by atoms with van der Waals surface area (Å²) in [5, 5.41) is 2.81. The number of hydrogen-bond donors (Lipinski definition) is 1. The molecule has 0 saturated heterocycles. The summed E-state index contributed by atoms with van der Waals surface area (Å²) in [6, 6.07) is 10.1. The van der Waals surface area contributed by atoms with Crippen LogP contribution in [-0.2, 0) is 17.6 Å². The lowest BCUT2D eigenvalue weighted by Gasteiger charge is -2.14. The molecule has 0 unspecified atom stereocenters. The Morgan fingerprint density at radius 2 is 1.83 bits per heavy atom. The molecule has 0 fully saturated rings. The summed E-state index contributed by atoms with van der Waals surface area (Å²) in [6.07, 6.45) is 0.655. The minimum Gasteiger partial charge on any atom is -0.496 e. The standard InChI is InChI=1S/C19H22FNO3/c1-13-17(23-2)9-8-14(19(13)24-3)10-11-21-18(22)12-15-6-4-5-7-16(15)20/h4-9H,10-12H2,1-3H3,(H,21,22). The van der Waals surface area contributed by atoms with Gasteiger partial charge >= 0.3 is 0 Å². The van der Waals surface area contributed by atoms with E-state index in [9.17, 15) is 9.18 Å². The Bertz CT molecular complexity index is 716. The van der Waals surface area contributed by atoms with E-state index in [0.29, 0.717) is 18.5 Å². The van der Waals surface area contributed by atoms with Crippen LogP contribution in [0.1, 0.15) is 16.7 Å². The molecular weight excluding hydrogens is 309 g/mol. The number of hydrogen-bond acceptors (Lipinski definition) is 3. The van der Waals surface area contributed by atoms with E-state index in [1.54, 1.807) is 32.4 Å². The average Bonchev–Trinajstić information content (AvgIpc) is 2.57. The van der Waals surface area contributed by atoms with Gasteiger partial charge < -0.3 is 14.8 Å². The summed E-state index contributed by atoms with van der Waals surface area (Å²) in [5.41, 5.74) is 2.31. The van der Waals surface area contributed by atoms with Gasteiger partial charge in [-0.1, -0.05) is 24.3 Å².